The van der Waals surface area contributed by atoms with Crippen molar-refractivity contribution in [1.29, 1.82) is 0 Å². The average Bonchev–Trinajstić information content (AvgIpc) is 3.17. The van der Waals surface area contributed by atoms with Crippen LogP contribution in [0.5, 0.6) is 11.5 Å². The van der Waals surface area contributed by atoms with Crippen molar-refractivity contribution in [1.82, 2.24) is 9.29 Å². The van der Waals surface area contributed by atoms with Crippen LogP contribution in [0.1, 0.15) is 12.1 Å². The van der Waals surface area contributed by atoms with Gasteiger partial charge in [0.15, 0.2) is 11.5 Å². The molecule has 3 heterocycles. The Morgan fingerprint density at radius 3 is 2.81 bits per heavy atom. The molecule has 0 radical (unpaired) electrons. The van der Waals surface area contributed by atoms with E-state index < -0.39 is 10.0 Å². The number of sulfonamides is 1. The molecule has 138 valence electrons. The molecule has 0 spiro atoms. The third kappa shape index (κ3) is 3.53. The summed E-state index contributed by atoms with van der Waals surface area (Å²) >= 11 is 0. The minimum absolute atomic E-state index is 0.135. The molecule has 1 saturated heterocycles. The van der Waals surface area contributed by atoms with Crippen molar-refractivity contribution in [3.05, 3.63) is 48.3 Å². The van der Waals surface area contributed by atoms with Gasteiger partial charge < -0.3 is 14.2 Å². The van der Waals surface area contributed by atoms with E-state index in [1.807, 2.05) is 18.2 Å². The minimum Gasteiger partial charge on any atom is -0.486 e. The normalized spacial score (nSPS) is 20.2. The molecule has 1 aromatic carbocycles. The Balaban J connectivity index is 1.42. The number of pyridine rings is 1. The van der Waals surface area contributed by atoms with Gasteiger partial charge in [-0.05, 0) is 30.7 Å². The highest BCUT2D eigenvalue weighted by Crippen LogP contribution is 2.34. The molecule has 8 heteroatoms. The minimum atomic E-state index is -3.59. The van der Waals surface area contributed by atoms with Crippen LogP contribution in [-0.4, -0.2) is 50.1 Å². The highest BCUT2D eigenvalue weighted by Gasteiger charge is 2.33. The Labute approximate surface area is 152 Å². The maximum absolute atomic E-state index is 12.9. The van der Waals surface area contributed by atoms with Gasteiger partial charge in [0.05, 0.1) is 23.3 Å². The van der Waals surface area contributed by atoms with Crippen molar-refractivity contribution in [2.24, 2.45) is 0 Å². The molecular formula is C18H20N2O5S. The fourth-order valence-corrected chi connectivity index (χ4v) is 4.57. The summed E-state index contributed by atoms with van der Waals surface area (Å²) in [7, 11) is -3.59. The lowest BCUT2D eigenvalue weighted by molar-refractivity contribution is 0.0489. The van der Waals surface area contributed by atoms with Crippen molar-refractivity contribution in [3.8, 4) is 11.5 Å². The summed E-state index contributed by atoms with van der Waals surface area (Å²) in [6, 6.07) is 10.4. The summed E-state index contributed by atoms with van der Waals surface area (Å²) in [6.07, 6.45) is 2.24. The molecule has 2 aliphatic rings. The number of ether oxygens (including phenoxy) is 3. The van der Waals surface area contributed by atoms with Crippen LogP contribution < -0.4 is 9.47 Å². The lowest BCUT2D eigenvalue weighted by Gasteiger charge is -2.21. The monoisotopic (exact) mass is 376 g/mol. The van der Waals surface area contributed by atoms with E-state index in [0.29, 0.717) is 50.8 Å². The number of rotatable bonds is 5. The largest absolute Gasteiger partial charge is 0.486 e. The highest BCUT2D eigenvalue weighted by molar-refractivity contribution is 7.89. The Hall–Kier alpha value is -2.16. The molecule has 0 bridgehead atoms. The van der Waals surface area contributed by atoms with Crippen LogP contribution in [0.25, 0.3) is 0 Å². The lowest BCUT2D eigenvalue weighted by atomic mass is 10.3. The van der Waals surface area contributed by atoms with Crippen LogP contribution in [0.3, 0.4) is 0 Å². The average molecular weight is 376 g/mol. The van der Waals surface area contributed by atoms with Crippen LogP contribution in [0.2, 0.25) is 0 Å². The van der Waals surface area contributed by atoms with E-state index in [-0.39, 0.29) is 11.0 Å². The standard InChI is InChI=1S/C18H20N2O5S/c21-26(22,16-4-5-17-18(11-16)24-10-9-23-17)20-8-6-15(12-20)25-13-14-3-1-2-7-19-14/h1-5,7,11,15H,6,8-10,12-13H2. The van der Waals surface area contributed by atoms with E-state index in [2.05, 4.69) is 4.98 Å². The first kappa shape index (κ1) is 17.3. The molecule has 0 N–H and O–H groups in total. The Morgan fingerprint density at radius 2 is 2.00 bits per heavy atom. The molecule has 0 amide bonds. The number of hydrogen-bond acceptors (Lipinski definition) is 6. The van der Waals surface area contributed by atoms with Crippen LogP contribution >= 0.6 is 0 Å². The predicted molar refractivity (Wildman–Crippen MR) is 93.6 cm³/mol. The number of fused-ring (bicyclic) bond motifs is 1. The van der Waals surface area contributed by atoms with Crippen molar-refractivity contribution in [2.75, 3.05) is 26.3 Å². The fourth-order valence-electron chi connectivity index (χ4n) is 3.07. The summed E-state index contributed by atoms with van der Waals surface area (Å²) in [6.45, 7) is 2.04. The molecular weight excluding hydrogens is 356 g/mol. The van der Waals surface area contributed by atoms with Gasteiger partial charge >= 0.3 is 0 Å². The van der Waals surface area contributed by atoms with Gasteiger partial charge in [0, 0.05) is 25.4 Å². The summed E-state index contributed by atoms with van der Waals surface area (Å²) in [5, 5.41) is 0. The molecule has 2 aromatic rings. The third-order valence-corrected chi connectivity index (χ3v) is 6.31. The molecule has 1 fully saturated rings. The Kier molecular flexibility index (Phi) is 4.80. The van der Waals surface area contributed by atoms with Crippen LogP contribution in [0, 0.1) is 0 Å². The molecule has 1 atom stereocenters. The molecule has 26 heavy (non-hydrogen) atoms. The molecule has 4 rings (SSSR count). The fraction of sp³-hybridized carbons (Fsp3) is 0.389. The molecule has 0 aliphatic carbocycles. The SMILES string of the molecule is O=S(=O)(c1ccc2c(c1)OCCO2)N1CCC(OCc2ccccn2)C1. The summed E-state index contributed by atoms with van der Waals surface area (Å²) in [5.74, 6) is 1.05. The Morgan fingerprint density at radius 1 is 1.15 bits per heavy atom. The van der Waals surface area contributed by atoms with Gasteiger partial charge in [0.25, 0.3) is 0 Å². The number of aromatic nitrogens is 1. The van der Waals surface area contributed by atoms with E-state index in [1.54, 1.807) is 18.3 Å². The summed E-state index contributed by atoms with van der Waals surface area (Å²) in [4.78, 5) is 4.43. The van der Waals surface area contributed by atoms with Crippen LogP contribution in [0.4, 0.5) is 0 Å². The van der Waals surface area contributed by atoms with Gasteiger partial charge in [0.1, 0.15) is 13.2 Å². The summed E-state index contributed by atoms with van der Waals surface area (Å²) in [5.41, 5.74) is 0.834. The van der Waals surface area contributed by atoms with Gasteiger partial charge in [-0.1, -0.05) is 6.07 Å². The molecule has 2 aliphatic heterocycles. The predicted octanol–water partition coefficient (Wildman–Crippen LogP) is 1.83. The molecule has 1 unspecified atom stereocenters. The Bertz CT molecular complexity index is 872. The maximum Gasteiger partial charge on any atom is 0.243 e. The van der Waals surface area contributed by atoms with Crippen molar-refractivity contribution >= 4 is 10.0 Å². The number of hydrogen-bond donors (Lipinski definition) is 0. The van der Waals surface area contributed by atoms with Gasteiger partial charge in [-0.2, -0.15) is 4.31 Å². The first-order chi connectivity index (χ1) is 12.6. The second kappa shape index (κ2) is 7.22. The summed E-state index contributed by atoms with van der Waals surface area (Å²) < 4.78 is 44.0. The second-order valence-corrected chi connectivity index (χ2v) is 8.15. The lowest BCUT2D eigenvalue weighted by Crippen LogP contribution is -2.30. The molecule has 0 saturated carbocycles. The van der Waals surface area contributed by atoms with E-state index in [0.717, 1.165) is 5.69 Å². The second-order valence-electron chi connectivity index (χ2n) is 6.21. The van der Waals surface area contributed by atoms with Crippen molar-refractivity contribution < 1.29 is 22.6 Å². The van der Waals surface area contributed by atoms with Crippen LogP contribution in [-0.2, 0) is 21.4 Å². The molecule has 7 nitrogen and oxygen atoms in total. The number of benzene rings is 1. The zero-order valence-electron chi connectivity index (χ0n) is 14.2. The first-order valence-corrected chi connectivity index (χ1v) is 9.98. The van der Waals surface area contributed by atoms with Crippen molar-refractivity contribution in [3.63, 3.8) is 0 Å². The third-order valence-electron chi connectivity index (χ3n) is 4.45. The zero-order chi connectivity index (χ0) is 18.0. The zero-order valence-corrected chi connectivity index (χ0v) is 15.0. The maximum atomic E-state index is 12.9. The van der Waals surface area contributed by atoms with Gasteiger partial charge in [-0.3, -0.25) is 4.98 Å². The molecule has 1 aromatic heterocycles. The van der Waals surface area contributed by atoms with Gasteiger partial charge in [-0.15, -0.1) is 0 Å². The van der Waals surface area contributed by atoms with E-state index in [4.69, 9.17) is 14.2 Å². The topological polar surface area (TPSA) is 78.0 Å². The quantitative estimate of drug-likeness (QED) is 0.792. The smallest absolute Gasteiger partial charge is 0.243 e. The van der Waals surface area contributed by atoms with E-state index in [9.17, 15) is 8.42 Å². The highest BCUT2D eigenvalue weighted by atomic mass is 32.2. The number of nitrogens with zero attached hydrogens (tertiary/aromatic N) is 2. The van der Waals surface area contributed by atoms with E-state index in [1.165, 1.54) is 10.4 Å². The van der Waals surface area contributed by atoms with Gasteiger partial charge in [0.2, 0.25) is 10.0 Å². The van der Waals surface area contributed by atoms with E-state index >= 15 is 0 Å². The van der Waals surface area contributed by atoms with Crippen LogP contribution in [0.15, 0.2) is 47.5 Å². The van der Waals surface area contributed by atoms with Crippen molar-refractivity contribution in [2.45, 2.75) is 24.0 Å². The van der Waals surface area contributed by atoms with Gasteiger partial charge in [-0.25, -0.2) is 8.42 Å². The first-order valence-electron chi connectivity index (χ1n) is 8.54.